The fourth-order valence-electron chi connectivity index (χ4n) is 2.65. The molecule has 0 unspecified atom stereocenters. The van der Waals surface area contributed by atoms with Crippen molar-refractivity contribution in [2.75, 3.05) is 33.4 Å². The van der Waals surface area contributed by atoms with Gasteiger partial charge in [-0.15, -0.1) is 0 Å². The van der Waals surface area contributed by atoms with Crippen LogP contribution in [-0.4, -0.2) is 61.7 Å². The van der Waals surface area contributed by atoms with Gasteiger partial charge >= 0.3 is 0 Å². The van der Waals surface area contributed by atoms with E-state index in [-0.39, 0.29) is 18.8 Å². The number of hydrogen-bond donors (Lipinski definition) is 1. The molecule has 5 heteroatoms. The van der Waals surface area contributed by atoms with Crippen molar-refractivity contribution in [3.8, 4) is 11.5 Å². The third-order valence-electron chi connectivity index (χ3n) is 3.47. The van der Waals surface area contributed by atoms with Crippen molar-refractivity contribution < 1.29 is 19.3 Å². The van der Waals surface area contributed by atoms with Crippen molar-refractivity contribution in [2.45, 2.75) is 32.2 Å². The molecular weight excluding hydrogens is 270 g/mol. The molecule has 21 heavy (non-hydrogen) atoms. The summed E-state index contributed by atoms with van der Waals surface area (Å²) in [5.74, 6) is 1.53. The van der Waals surface area contributed by atoms with E-state index >= 15 is 0 Å². The van der Waals surface area contributed by atoms with Gasteiger partial charge in [0.25, 0.3) is 0 Å². The van der Waals surface area contributed by atoms with E-state index in [0.717, 1.165) is 24.6 Å². The lowest BCUT2D eigenvalue weighted by Crippen LogP contribution is -2.48. The molecule has 1 aromatic rings. The number of β-amino-alcohol motifs (C(OH)–C–C–N with tert-alkyl or cyclic N) is 1. The summed E-state index contributed by atoms with van der Waals surface area (Å²) in [5.41, 5.74) is 0. The van der Waals surface area contributed by atoms with Crippen molar-refractivity contribution in [3.05, 3.63) is 24.3 Å². The van der Waals surface area contributed by atoms with Crippen LogP contribution in [0.3, 0.4) is 0 Å². The lowest BCUT2D eigenvalue weighted by atomic mass is 10.2. The zero-order valence-electron chi connectivity index (χ0n) is 13.0. The van der Waals surface area contributed by atoms with Crippen molar-refractivity contribution in [1.29, 1.82) is 0 Å². The smallest absolute Gasteiger partial charge is 0.119 e. The Morgan fingerprint density at radius 2 is 1.76 bits per heavy atom. The van der Waals surface area contributed by atoms with E-state index in [9.17, 15) is 5.11 Å². The molecule has 3 atom stereocenters. The molecule has 1 aliphatic rings. The van der Waals surface area contributed by atoms with Crippen LogP contribution < -0.4 is 9.47 Å². The summed E-state index contributed by atoms with van der Waals surface area (Å²) in [5, 5.41) is 10.1. The molecule has 1 N–H and O–H groups in total. The van der Waals surface area contributed by atoms with Crippen LogP contribution in [0.25, 0.3) is 0 Å². The number of aliphatic hydroxyl groups is 1. The number of benzene rings is 1. The lowest BCUT2D eigenvalue weighted by Gasteiger charge is -2.36. The number of aliphatic hydroxyl groups excluding tert-OH is 1. The Labute approximate surface area is 126 Å². The minimum absolute atomic E-state index is 0.212. The Morgan fingerprint density at radius 1 is 1.19 bits per heavy atom. The molecular formula is C16H25NO4. The van der Waals surface area contributed by atoms with Gasteiger partial charge in [0.2, 0.25) is 0 Å². The van der Waals surface area contributed by atoms with Crippen LogP contribution in [0.5, 0.6) is 11.5 Å². The maximum Gasteiger partial charge on any atom is 0.119 e. The fraction of sp³-hybridized carbons (Fsp3) is 0.625. The van der Waals surface area contributed by atoms with Crippen LogP contribution in [-0.2, 0) is 4.74 Å². The summed E-state index contributed by atoms with van der Waals surface area (Å²) < 4.78 is 16.4. The van der Waals surface area contributed by atoms with Crippen LogP contribution in [0.2, 0.25) is 0 Å². The van der Waals surface area contributed by atoms with Gasteiger partial charge in [0, 0.05) is 19.6 Å². The lowest BCUT2D eigenvalue weighted by molar-refractivity contribution is -0.0786. The molecule has 1 aromatic carbocycles. The van der Waals surface area contributed by atoms with Gasteiger partial charge in [-0.1, -0.05) is 0 Å². The number of rotatable bonds is 6. The highest BCUT2D eigenvalue weighted by Crippen LogP contribution is 2.17. The van der Waals surface area contributed by atoms with E-state index < -0.39 is 6.10 Å². The second-order valence-electron chi connectivity index (χ2n) is 5.62. The quantitative estimate of drug-likeness (QED) is 0.863. The van der Waals surface area contributed by atoms with E-state index in [1.54, 1.807) is 7.11 Å². The number of nitrogens with zero attached hydrogens (tertiary/aromatic N) is 1. The average Bonchev–Trinajstić information content (AvgIpc) is 2.44. The summed E-state index contributed by atoms with van der Waals surface area (Å²) in [4.78, 5) is 2.22. The van der Waals surface area contributed by atoms with Crippen molar-refractivity contribution in [2.24, 2.45) is 0 Å². The zero-order valence-corrected chi connectivity index (χ0v) is 13.0. The van der Waals surface area contributed by atoms with Crippen LogP contribution in [0.1, 0.15) is 13.8 Å². The van der Waals surface area contributed by atoms with Crippen LogP contribution in [0, 0.1) is 0 Å². The number of hydrogen-bond acceptors (Lipinski definition) is 5. The summed E-state index contributed by atoms with van der Waals surface area (Å²) in [6.45, 7) is 6.71. The Morgan fingerprint density at radius 3 is 2.33 bits per heavy atom. The fourth-order valence-corrected chi connectivity index (χ4v) is 2.65. The van der Waals surface area contributed by atoms with E-state index in [0.29, 0.717) is 6.54 Å². The Balaban J connectivity index is 1.74. The predicted octanol–water partition coefficient (Wildman–Crippen LogP) is 1.54. The van der Waals surface area contributed by atoms with Crippen molar-refractivity contribution in [1.82, 2.24) is 4.90 Å². The third kappa shape index (κ3) is 5.19. The highest BCUT2D eigenvalue weighted by atomic mass is 16.5. The molecule has 0 saturated carbocycles. The molecule has 5 nitrogen and oxygen atoms in total. The second-order valence-corrected chi connectivity index (χ2v) is 5.62. The van der Waals surface area contributed by atoms with Crippen molar-refractivity contribution in [3.63, 3.8) is 0 Å². The first-order valence-corrected chi connectivity index (χ1v) is 7.39. The number of ether oxygens (including phenoxy) is 3. The molecule has 1 heterocycles. The average molecular weight is 295 g/mol. The topological polar surface area (TPSA) is 51.2 Å². The minimum atomic E-state index is -0.510. The molecule has 1 aliphatic heterocycles. The largest absolute Gasteiger partial charge is 0.497 e. The molecule has 0 aliphatic carbocycles. The highest BCUT2D eigenvalue weighted by molar-refractivity contribution is 5.31. The van der Waals surface area contributed by atoms with Gasteiger partial charge in [-0.05, 0) is 38.1 Å². The normalized spacial score (nSPS) is 24.6. The van der Waals surface area contributed by atoms with E-state index in [4.69, 9.17) is 14.2 Å². The summed E-state index contributed by atoms with van der Waals surface area (Å²) >= 11 is 0. The first-order valence-electron chi connectivity index (χ1n) is 7.39. The molecule has 0 aromatic heterocycles. The Bertz CT molecular complexity index is 413. The van der Waals surface area contributed by atoms with Gasteiger partial charge in [0.05, 0.1) is 19.3 Å². The summed E-state index contributed by atoms with van der Waals surface area (Å²) in [6, 6.07) is 7.36. The second kappa shape index (κ2) is 7.64. The number of methoxy groups -OCH3 is 1. The molecule has 118 valence electrons. The van der Waals surface area contributed by atoms with Gasteiger partial charge in [0.1, 0.15) is 24.2 Å². The molecule has 0 amide bonds. The maximum atomic E-state index is 10.1. The van der Waals surface area contributed by atoms with Crippen molar-refractivity contribution >= 4 is 0 Å². The first-order chi connectivity index (χ1) is 10.1. The predicted molar refractivity (Wildman–Crippen MR) is 80.9 cm³/mol. The van der Waals surface area contributed by atoms with E-state index in [2.05, 4.69) is 18.7 Å². The van der Waals surface area contributed by atoms with E-state index in [1.165, 1.54) is 0 Å². The maximum absolute atomic E-state index is 10.1. The van der Waals surface area contributed by atoms with Gasteiger partial charge in [-0.25, -0.2) is 0 Å². The minimum Gasteiger partial charge on any atom is -0.497 e. The van der Waals surface area contributed by atoms with E-state index in [1.807, 2.05) is 24.3 Å². The van der Waals surface area contributed by atoms with Crippen LogP contribution in [0.15, 0.2) is 24.3 Å². The SMILES string of the molecule is COc1ccc(OC[C@@H](O)CN2C[C@@H](C)O[C@@H](C)C2)cc1. The summed E-state index contributed by atoms with van der Waals surface area (Å²) in [6.07, 6.45) is -0.0866. The molecule has 0 radical (unpaired) electrons. The number of morpholine rings is 1. The van der Waals surface area contributed by atoms with Crippen LogP contribution in [0.4, 0.5) is 0 Å². The van der Waals surface area contributed by atoms with Crippen LogP contribution >= 0.6 is 0 Å². The highest BCUT2D eigenvalue weighted by Gasteiger charge is 2.23. The van der Waals surface area contributed by atoms with Gasteiger partial charge in [-0.3, -0.25) is 4.90 Å². The summed E-state index contributed by atoms with van der Waals surface area (Å²) in [7, 11) is 1.63. The van der Waals surface area contributed by atoms with Gasteiger partial charge < -0.3 is 19.3 Å². The molecule has 1 saturated heterocycles. The monoisotopic (exact) mass is 295 g/mol. The third-order valence-corrected chi connectivity index (χ3v) is 3.47. The standard InChI is InChI=1S/C16H25NO4/c1-12-8-17(9-13(2)21-12)10-14(18)11-20-16-6-4-15(19-3)5-7-16/h4-7,12-14,18H,8-11H2,1-3H3/t12-,13+,14-/m0/s1. The Kier molecular flexibility index (Phi) is 5.85. The molecule has 0 spiro atoms. The van der Waals surface area contributed by atoms with Gasteiger partial charge in [-0.2, -0.15) is 0 Å². The van der Waals surface area contributed by atoms with Gasteiger partial charge in [0.15, 0.2) is 0 Å². The molecule has 1 fully saturated rings. The molecule has 2 rings (SSSR count). The first kappa shape index (κ1) is 16.1. The Hall–Kier alpha value is -1.30. The molecule has 0 bridgehead atoms. The zero-order chi connectivity index (χ0) is 15.2.